The first-order chi connectivity index (χ1) is 9.97. The highest BCUT2D eigenvalue weighted by Crippen LogP contribution is 2.21. The van der Waals surface area contributed by atoms with Gasteiger partial charge in [0.2, 0.25) is 0 Å². The lowest BCUT2D eigenvalue weighted by Crippen LogP contribution is -2.40. The Kier molecular flexibility index (Phi) is 5.07. The van der Waals surface area contributed by atoms with Gasteiger partial charge in [-0.05, 0) is 38.0 Å². The van der Waals surface area contributed by atoms with Crippen molar-refractivity contribution in [2.45, 2.75) is 44.8 Å². The summed E-state index contributed by atoms with van der Waals surface area (Å²) in [5, 5.41) is 3.10. The first kappa shape index (κ1) is 15.6. The summed E-state index contributed by atoms with van der Waals surface area (Å²) in [5.74, 6) is -0.907. The SMILES string of the molecule is CC(OC(=O)c1ccc(N)cc1Cl)C(=O)NC1CCCC1. The zero-order valence-electron chi connectivity index (χ0n) is 11.9. The molecule has 114 valence electrons. The first-order valence-corrected chi connectivity index (χ1v) is 7.41. The van der Waals surface area contributed by atoms with Crippen LogP contribution in [-0.4, -0.2) is 24.0 Å². The molecule has 0 saturated heterocycles. The molecule has 1 unspecified atom stereocenters. The number of amides is 1. The van der Waals surface area contributed by atoms with E-state index in [-0.39, 0.29) is 22.5 Å². The molecule has 1 saturated carbocycles. The van der Waals surface area contributed by atoms with Crippen LogP contribution in [0, 0.1) is 0 Å². The average molecular weight is 311 g/mol. The van der Waals surface area contributed by atoms with Gasteiger partial charge in [0.15, 0.2) is 6.10 Å². The molecule has 1 aliphatic carbocycles. The second-order valence-corrected chi connectivity index (χ2v) is 5.68. The summed E-state index contributed by atoms with van der Waals surface area (Å²) >= 11 is 5.94. The summed E-state index contributed by atoms with van der Waals surface area (Å²) in [4.78, 5) is 24.0. The molecule has 0 bridgehead atoms. The smallest absolute Gasteiger partial charge is 0.340 e. The summed E-state index contributed by atoms with van der Waals surface area (Å²) < 4.78 is 5.15. The lowest BCUT2D eigenvalue weighted by atomic mass is 10.2. The Labute approximate surface area is 128 Å². The monoisotopic (exact) mass is 310 g/mol. The van der Waals surface area contributed by atoms with E-state index in [1.807, 2.05) is 0 Å². The van der Waals surface area contributed by atoms with Crippen LogP contribution in [0.15, 0.2) is 18.2 Å². The lowest BCUT2D eigenvalue weighted by molar-refractivity contribution is -0.129. The Balaban J connectivity index is 1.93. The van der Waals surface area contributed by atoms with Gasteiger partial charge in [-0.2, -0.15) is 0 Å². The van der Waals surface area contributed by atoms with Crippen molar-refractivity contribution < 1.29 is 14.3 Å². The van der Waals surface area contributed by atoms with Crippen LogP contribution in [0.25, 0.3) is 0 Å². The van der Waals surface area contributed by atoms with Gasteiger partial charge in [0.25, 0.3) is 5.91 Å². The minimum absolute atomic E-state index is 0.193. The van der Waals surface area contributed by atoms with Crippen LogP contribution in [0.5, 0.6) is 0 Å². The summed E-state index contributed by atoms with van der Waals surface area (Å²) in [6.07, 6.45) is 3.36. The number of nitrogen functional groups attached to an aromatic ring is 1. The number of carbonyl (C=O) groups is 2. The molecular formula is C15H19ClN2O3. The van der Waals surface area contributed by atoms with Crippen LogP contribution in [0.4, 0.5) is 5.69 Å². The fraction of sp³-hybridized carbons (Fsp3) is 0.467. The van der Waals surface area contributed by atoms with Gasteiger partial charge in [-0.15, -0.1) is 0 Å². The van der Waals surface area contributed by atoms with Gasteiger partial charge in [0.05, 0.1) is 10.6 Å². The highest BCUT2D eigenvalue weighted by molar-refractivity contribution is 6.33. The topological polar surface area (TPSA) is 81.4 Å². The normalized spacial score (nSPS) is 16.5. The third-order valence-corrected chi connectivity index (χ3v) is 3.88. The number of halogens is 1. The fourth-order valence-corrected chi connectivity index (χ4v) is 2.63. The number of hydrogen-bond donors (Lipinski definition) is 2. The van der Waals surface area contributed by atoms with Gasteiger partial charge in [0, 0.05) is 11.7 Å². The van der Waals surface area contributed by atoms with E-state index in [2.05, 4.69) is 5.32 Å². The second-order valence-electron chi connectivity index (χ2n) is 5.28. The Morgan fingerprint density at radius 1 is 1.38 bits per heavy atom. The van der Waals surface area contributed by atoms with E-state index in [0.29, 0.717) is 5.69 Å². The third kappa shape index (κ3) is 4.11. The molecule has 0 aliphatic heterocycles. The molecule has 0 heterocycles. The van der Waals surface area contributed by atoms with Crippen molar-refractivity contribution in [1.82, 2.24) is 5.32 Å². The van der Waals surface area contributed by atoms with Crippen molar-refractivity contribution in [3.8, 4) is 0 Å². The number of carbonyl (C=O) groups excluding carboxylic acids is 2. The van der Waals surface area contributed by atoms with Gasteiger partial charge in [-0.1, -0.05) is 24.4 Å². The molecule has 1 amide bonds. The number of rotatable bonds is 4. The van der Waals surface area contributed by atoms with E-state index >= 15 is 0 Å². The molecule has 21 heavy (non-hydrogen) atoms. The van der Waals surface area contributed by atoms with Gasteiger partial charge >= 0.3 is 5.97 Å². The molecular weight excluding hydrogens is 292 g/mol. The molecule has 1 aromatic rings. The van der Waals surface area contributed by atoms with Gasteiger partial charge in [-0.3, -0.25) is 4.79 Å². The lowest BCUT2D eigenvalue weighted by Gasteiger charge is -2.17. The number of hydrogen-bond acceptors (Lipinski definition) is 4. The Morgan fingerprint density at radius 2 is 2.05 bits per heavy atom. The zero-order valence-corrected chi connectivity index (χ0v) is 12.7. The average Bonchev–Trinajstić information content (AvgIpc) is 2.91. The van der Waals surface area contributed by atoms with Crippen molar-refractivity contribution in [2.75, 3.05) is 5.73 Å². The van der Waals surface area contributed by atoms with Crippen molar-refractivity contribution in [3.63, 3.8) is 0 Å². The molecule has 3 N–H and O–H groups in total. The van der Waals surface area contributed by atoms with Gasteiger partial charge < -0.3 is 15.8 Å². The predicted molar refractivity (Wildman–Crippen MR) is 81.1 cm³/mol. The Morgan fingerprint density at radius 3 is 2.67 bits per heavy atom. The predicted octanol–water partition coefficient (Wildman–Crippen LogP) is 2.53. The minimum atomic E-state index is -0.855. The standard InChI is InChI=1S/C15H19ClN2O3/c1-9(14(19)18-11-4-2-3-5-11)21-15(20)12-7-6-10(17)8-13(12)16/h6-9,11H,2-5,17H2,1H3,(H,18,19). The number of anilines is 1. The molecule has 0 spiro atoms. The molecule has 1 fully saturated rings. The Bertz CT molecular complexity index is 542. The quantitative estimate of drug-likeness (QED) is 0.661. The van der Waals surface area contributed by atoms with E-state index < -0.39 is 12.1 Å². The molecule has 1 atom stereocenters. The fourth-order valence-electron chi connectivity index (χ4n) is 2.36. The maximum Gasteiger partial charge on any atom is 0.340 e. The van der Waals surface area contributed by atoms with Crippen LogP contribution >= 0.6 is 11.6 Å². The maximum absolute atomic E-state index is 12.0. The number of ether oxygens (including phenoxy) is 1. The molecule has 1 aliphatic rings. The van der Waals surface area contributed by atoms with E-state index in [1.54, 1.807) is 13.0 Å². The summed E-state index contributed by atoms with van der Waals surface area (Å²) in [5.41, 5.74) is 6.23. The van der Waals surface area contributed by atoms with Gasteiger partial charge in [0.1, 0.15) is 0 Å². The molecule has 1 aromatic carbocycles. The van der Waals surface area contributed by atoms with E-state index in [0.717, 1.165) is 25.7 Å². The number of nitrogens with two attached hydrogens (primary N) is 1. The summed E-state index contributed by atoms with van der Waals surface area (Å²) in [6.45, 7) is 1.55. The minimum Gasteiger partial charge on any atom is -0.449 e. The molecule has 0 radical (unpaired) electrons. The maximum atomic E-state index is 12.0. The van der Waals surface area contributed by atoms with Crippen molar-refractivity contribution in [2.24, 2.45) is 0 Å². The van der Waals surface area contributed by atoms with E-state index in [1.165, 1.54) is 12.1 Å². The van der Waals surface area contributed by atoms with Crippen molar-refractivity contribution >= 4 is 29.2 Å². The largest absolute Gasteiger partial charge is 0.449 e. The Hall–Kier alpha value is -1.75. The van der Waals surface area contributed by atoms with Crippen LogP contribution in [-0.2, 0) is 9.53 Å². The summed E-state index contributed by atoms with van der Waals surface area (Å²) in [7, 11) is 0. The van der Waals surface area contributed by atoms with Crippen LogP contribution in [0.3, 0.4) is 0 Å². The number of nitrogens with one attached hydrogen (secondary N) is 1. The first-order valence-electron chi connectivity index (χ1n) is 7.03. The van der Waals surface area contributed by atoms with Crippen LogP contribution in [0.1, 0.15) is 43.0 Å². The van der Waals surface area contributed by atoms with Crippen LogP contribution in [0.2, 0.25) is 5.02 Å². The highest BCUT2D eigenvalue weighted by atomic mass is 35.5. The molecule has 5 nitrogen and oxygen atoms in total. The second kappa shape index (κ2) is 6.80. The molecule has 2 rings (SSSR count). The van der Waals surface area contributed by atoms with Gasteiger partial charge in [-0.25, -0.2) is 4.79 Å². The molecule has 6 heteroatoms. The number of benzene rings is 1. The van der Waals surface area contributed by atoms with E-state index in [9.17, 15) is 9.59 Å². The van der Waals surface area contributed by atoms with Crippen molar-refractivity contribution in [3.05, 3.63) is 28.8 Å². The van der Waals surface area contributed by atoms with Crippen molar-refractivity contribution in [1.29, 1.82) is 0 Å². The molecule has 0 aromatic heterocycles. The van der Waals surface area contributed by atoms with E-state index in [4.69, 9.17) is 22.1 Å². The zero-order chi connectivity index (χ0) is 15.4. The van der Waals surface area contributed by atoms with Crippen LogP contribution < -0.4 is 11.1 Å². The highest BCUT2D eigenvalue weighted by Gasteiger charge is 2.24. The number of esters is 1. The third-order valence-electron chi connectivity index (χ3n) is 3.57. The summed E-state index contributed by atoms with van der Waals surface area (Å²) in [6, 6.07) is 4.72.